The molecule has 1 N–H and O–H groups in total. The van der Waals surface area contributed by atoms with Gasteiger partial charge in [0.2, 0.25) is 0 Å². The predicted octanol–water partition coefficient (Wildman–Crippen LogP) is 3.64. The summed E-state index contributed by atoms with van der Waals surface area (Å²) in [6, 6.07) is 14.8. The van der Waals surface area contributed by atoms with E-state index in [1.54, 1.807) is 6.07 Å². The molecule has 1 amide bonds. The first-order chi connectivity index (χ1) is 12.7. The van der Waals surface area contributed by atoms with E-state index in [-0.39, 0.29) is 5.91 Å². The second-order valence-electron chi connectivity index (χ2n) is 7.60. The average molecular weight is 367 g/mol. The van der Waals surface area contributed by atoms with Crippen LogP contribution in [0.4, 0.5) is 5.69 Å². The quantitative estimate of drug-likeness (QED) is 0.820. The molecule has 2 aromatic carbocycles. The molecule has 0 bridgehead atoms. The molecule has 0 radical (unpaired) electrons. The van der Waals surface area contributed by atoms with Crippen LogP contribution in [-0.2, 0) is 9.31 Å². The fraction of sp³-hybridized carbons (Fsp3) is 0.381. The monoisotopic (exact) mass is 367 g/mol. The lowest BCUT2D eigenvalue weighted by Crippen LogP contribution is -2.41. The Morgan fingerprint density at radius 2 is 1.67 bits per heavy atom. The lowest BCUT2D eigenvalue weighted by atomic mass is 9.78. The summed E-state index contributed by atoms with van der Waals surface area (Å²) in [6.07, 6.45) is 0. The maximum absolute atomic E-state index is 12.7. The summed E-state index contributed by atoms with van der Waals surface area (Å²) >= 11 is 0. The summed E-state index contributed by atoms with van der Waals surface area (Å²) in [4.78, 5) is 12.7. The molecule has 27 heavy (non-hydrogen) atoms. The van der Waals surface area contributed by atoms with Crippen molar-refractivity contribution >= 4 is 24.2 Å². The van der Waals surface area contributed by atoms with E-state index in [1.165, 1.54) is 0 Å². The molecule has 1 heterocycles. The average Bonchev–Trinajstić information content (AvgIpc) is 2.83. The first-order valence-corrected chi connectivity index (χ1v) is 9.22. The van der Waals surface area contributed by atoms with Gasteiger partial charge >= 0.3 is 7.12 Å². The number of rotatable bonds is 5. The lowest BCUT2D eigenvalue weighted by molar-refractivity contribution is 0.00578. The molecule has 0 atom stereocenters. The van der Waals surface area contributed by atoms with Crippen LogP contribution in [0.1, 0.15) is 45.0 Å². The van der Waals surface area contributed by atoms with Crippen molar-refractivity contribution in [2.24, 2.45) is 0 Å². The van der Waals surface area contributed by atoms with Gasteiger partial charge in [0.1, 0.15) is 5.75 Å². The van der Waals surface area contributed by atoms with Gasteiger partial charge in [-0.05, 0) is 64.3 Å². The van der Waals surface area contributed by atoms with Crippen molar-refractivity contribution in [2.45, 2.75) is 45.8 Å². The topological polar surface area (TPSA) is 56.8 Å². The number of amides is 1. The van der Waals surface area contributed by atoms with E-state index in [0.29, 0.717) is 17.9 Å². The van der Waals surface area contributed by atoms with E-state index in [4.69, 9.17) is 14.0 Å². The van der Waals surface area contributed by atoms with Crippen LogP contribution in [0, 0.1) is 0 Å². The third-order valence-corrected chi connectivity index (χ3v) is 5.11. The minimum Gasteiger partial charge on any atom is -0.493 e. The Balaban J connectivity index is 1.86. The van der Waals surface area contributed by atoms with Crippen molar-refractivity contribution in [2.75, 3.05) is 11.9 Å². The molecule has 6 heteroatoms. The molecule has 1 fully saturated rings. The maximum Gasteiger partial charge on any atom is 0.494 e. The molecule has 0 spiro atoms. The van der Waals surface area contributed by atoms with E-state index in [9.17, 15) is 4.79 Å². The van der Waals surface area contributed by atoms with Crippen LogP contribution in [0.2, 0.25) is 0 Å². The van der Waals surface area contributed by atoms with E-state index < -0.39 is 18.3 Å². The van der Waals surface area contributed by atoms with Crippen LogP contribution in [0.25, 0.3) is 0 Å². The third kappa shape index (κ3) is 4.02. The van der Waals surface area contributed by atoms with Crippen LogP contribution in [-0.4, -0.2) is 30.8 Å². The number of anilines is 1. The highest BCUT2D eigenvalue weighted by Gasteiger charge is 2.51. The third-order valence-electron chi connectivity index (χ3n) is 5.11. The molecule has 0 aliphatic carbocycles. The molecule has 142 valence electrons. The van der Waals surface area contributed by atoms with E-state index in [2.05, 4.69) is 5.32 Å². The molecule has 0 saturated carbocycles. The summed E-state index contributed by atoms with van der Waals surface area (Å²) in [6.45, 7) is 10.4. The number of ether oxygens (including phenoxy) is 1. The highest BCUT2D eigenvalue weighted by atomic mass is 16.7. The van der Waals surface area contributed by atoms with E-state index in [1.807, 2.05) is 77.1 Å². The SMILES string of the molecule is CCOc1cc(B2OC(C)(C)C(C)(C)O2)ccc1C(=O)Nc1ccccc1. The molecule has 0 aromatic heterocycles. The Hall–Kier alpha value is -2.31. The number of para-hydroxylation sites is 1. The normalized spacial score (nSPS) is 17.6. The second kappa shape index (κ2) is 7.37. The number of benzene rings is 2. The largest absolute Gasteiger partial charge is 0.494 e. The number of hydrogen-bond acceptors (Lipinski definition) is 4. The highest BCUT2D eigenvalue weighted by Crippen LogP contribution is 2.36. The van der Waals surface area contributed by atoms with Gasteiger partial charge < -0.3 is 19.4 Å². The molecule has 1 saturated heterocycles. The second-order valence-corrected chi connectivity index (χ2v) is 7.60. The Labute approximate surface area is 161 Å². The van der Waals surface area contributed by atoms with Crippen LogP contribution in [0.15, 0.2) is 48.5 Å². The van der Waals surface area contributed by atoms with Gasteiger partial charge in [0, 0.05) is 5.69 Å². The van der Waals surface area contributed by atoms with Crippen molar-refractivity contribution in [1.29, 1.82) is 0 Å². The van der Waals surface area contributed by atoms with Gasteiger partial charge in [0.15, 0.2) is 0 Å². The van der Waals surface area contributed by atoms with Crippen molar-refractivity contribution in [3.05, 3.63) is 54.1 Å². The van der Waals surface area contributed by atoms with Crippen molar-refractivity contribution in [1.82, 2.24) is 0 Å². The van der Waals surface area contributed by atoms with Crippen LogP contribution in [0.5, 0.6) is 5.75 Å². The molecule has 1 aliphatic heterocycles. The zero-order valence-corrected chi connectivity index (χ0v) is 16.5. The summed E-state index contributed by atoms with van der Waals surface area (Å²) in [5.74, 6) is 0.295. The predicted molar refractivity (Wildman–Crippen MR) is 108 cm³/mol. The fourth-order valence-corrected chi connectivity index (χ4v) is 2.85. The Kier molecular flexibility index (Phi) is 5.31. The summed E-state index contributed by atoms with van der Waals surface area (Å²) in [5, 5.41) is 2.89. The van der Waals surface area contributed by atoms with Gasteiger partial charge in [0.05, 0.1) is 23.4 Å². The summed E-state index contributed by atoms with van der Waals surface area (Å²) in [5.41, 5.74) is 1.19. The van der Waals surface area contributed by atoms with Gasteiger partial charge in [-0.15, -0.1) is 0 Å². The van der Waals surface area contributed by atoms with Crippen LogP contribution >= 0.6 is 0 Å². The Bertz CT molecular complexity index is 804. The summed E-state index contributed by atoms with van der Waals surface area (Å²) in [7, 11) is -0.500. The molecular weight excluding hydrogens is 341 g/mol. The maximum atomic E-state index is 12.7. The first-order valence-electron chi connectivity index (χ1n) is 9.22. The van der Waals surface area contributed by atoms with E-state index >= 15 is 0 Å². The van der Waals surface area contributed by atoms with Crippen molar-refractivity contribution < 1.29 is 18.8 Å². The van der Waals surface area contributed by atoms with Gasteiger partial charge in [-0.2, -0.15) is 0 Å². The Morgan fingerprint density at radius 1 is 1.04 bits per heavy atom. The zero-order chi connectivity index (χ0) is 19.7. The minimum absolute atomic E-state index is 0.217. The van der Waals surface area contributed by atoms with Crippen molar-refractivity contribution in [3.63, 3.8) is 0 Å². The molecular formula is C21H26BNO4. The summed E-state index contributed by atoms with van der Waals surface area (Å²) < 4.78 is 17.9. The van der Waals surface area contributed by atoms with Crippen LogP contribution < -0.4 is 15.5 Å². The lowest BCUT2D eigenvalue weighted by Gasteiger charge is -2.32. The van der Waals surface area contributed by atoms with Crippen LogP contribution in [0.3, 0.4) is 0 Å². The molecule has 3 rings (SSSR count). The van der Waals surface area contributed by atoms with Gasteiger partial charge in [-0.1, -0.05) is 24.3 Å². The standard InChI is InChI=1S/C21H26BNO4/c1-6-25-18-14-15(22-26-20(2,3)21(4,5)27-22)12-13-17(18)19(24)23-16-10-8-7-9-11-16/h7-14H,6H2,1-5H3,(H,23,24). The van der Waals surface area contributed by atoms with Gasteiger partial charge in [-0.25, -0.2) is 0 Å². The van der Waals surface area contributed by atoms with Crippen molar-refractivity contribution in [3.8, 4) is 5.75 Å². The molecule has 2 aromatic rings. The number of nitrogens with one attached hydrogen (secondary N) is 1. The Morgan fingerprint density at radius 3 is 2.26 bits per heavy atom. The zero-order valence-electron chi connectivity index (χ0n) is 16.5. The first kappa shape index (κ1) is 19.5. The molecule has 0 unspecified atom stereocenters. The van der Waals surface area contributed by atoms with Gasteiger partial charge in [-0.3, -0.25) is 4.79 Å². The number of carbonyl (C=O) groups is 1. The minimum atomic E-state index is -0.500. The smallest absolute Gasteiger partial charge is 0.493 e. The number of carbonyl (C=O) groups excluding carboxylic acids is 1. The fourth-order valence-electron chi connectivity index (χ4n) is 2.85. The van der Waals surface area contributed by atoms with E-state index in [0.717, 1.165) is 11.2 Å². The number of hydrogen-bond donors (Lipinski definition) is 1. The highest BCUT2D eigenvalue weighted by molar-refractivity contribution is 6.62. The molecule has 5 nitrogen and oxygen atoms in total. The van der Waals surface area contributed by atoms with Gasteiger partial charge in [0.25, 0.3) is 5.91 Å². The molecule has 1 aliphatic rings.